The molecular formula is C14H26O3. The van der Waals surface area contributed by atoms with Gasteiger partial charge in [-0.25, -0.2) is 4.79 Å². The highest BCUT2D eigenvalue weighted by molar-refractivity contribution is 5.85. The predicted octanol–water partition coefficient (Wildman–Crippen LogP) is 3.78. The summed E-state index contributed by atoms with van der Waals surface area (Å²) < 4.78 is 5.79. The van der Waals surface area contributed by atoms with Gasteiger partial charge in [-0.3, -0.25) is 0 Å². The fraction of sp³-hybridized carbons (Fsp3) is 0.786. The minimum atomic E-state index is -0.885. The molecule has 0 saturated heterocycles. The van der Waals surface area contributed by atoms with Crippen molar-refractivity contribution in [1.29, 1.82) is 0 Å². The Morgan fingerprint density at radius 3 is 2.47 bits per heavy atom. The van der Waals surface area contributed by atoms with Crippen LogP contribution in [0.5, 0.6) is 0 Å². The zero-order chi connectivity index (χ0) is 13.1. The first-order valence-corrected chi connectivity index (χ1v) is 6.64. The minimum absolute atomic E-state index is 0.285. The first-order valence-electron chi connectivity index (χ1n) is 6.64. The molecule has 100 valence electrons. The Morgan fingerprint density at radius 2 is 1.94 bits per heavy atom. The van der Waals surface area contributed by atoms with Crippen LogP contribution in [0.25, 0.3) is 0 Å². The van der Waals surface area contributed by atoms with Gasteiger partial charge in [0.05, 0.1) is 6.10 Å². The molecule has 3 nitrogen and oxygen atoms in total. The number of ether oxygens (including phenoxy) is 1. The topological polar surface area (TPSA) is 46.5 Å². The second kappa shape index (κ2) is 10.3. The standard InChI is InChI=1S/C14H26O3/c1-4-6-11-17-13(8-5-2)10-7-9-12(3)14(15)16/h13H,3-11H2,1-2H3,(H,15,16). The molecule has 0 rings (SSSR count). The van der Waals surface area contributed by atoms with E-state index in [2.05, 4.69) is 20.4 Å². The SMILES string of the molecule is C=C(CCCC(CCC)OCCCC)C(=O)O. The summed E-state index contributed by atoms with van der Waals surface area (Å²) in [7, 11) is 0. The van der Waals surface area contributed by atoms with Crippen LogP contribution in [-0.4, -0.2) is 23.8 Å². The summed E-state index contributed by atoms with van der Waals surface area (Å²) in [6, 6.07) is 0. The van der Waals surface area contributed by atoms with Gasteiger partial charge in [0.1, 0.15) is 0 Å². The lowest BCUT2D eigenvalue weighted by Crippen LogP contribution is -2.14. The number of hydrogen-bond acceptors (Lipinski definition) is 2. The number of rotatable bonds is 11. The van der Waals surface area contributed by atoms with Crippen LogP contribution in [-0.2, 0) is 9.53 Å². The number of carboxylic acids is 1. The van der Waals surface area contributed by atoms with Gasteiger partial charge in [-0.15, -0.1) is 0 Å². The summed E-state index contributed by atoms with van der Waals surface area (Å²) in [5.74, 6) is -0.885. The number of carbonyl (C=O) groups is 1. The molecule has 3 heteroatoms. The van der Waals surface area contributed by atoms with Crippen molar-refractivity contribution in [3.05, 3.63) is 12.2 Å². The molecular weight excluding hydrogens is 216 g/mol. The van der Waals surface area contributed by atoms with Gasteiger partial charge in [-0.1, -0.05) is 33.3 Å². The van der Waals surface area contributed by atoms with E-state index in [0.717, 1.165) is 45.1 Å². The van der Waals surface area contributed by atoms with Gasteiger partial charge in [-0.2, -0.15) is 0 Å². The summed E-state index contributed by atoms with van der Waals surface area (Å²) in [6.07, 6.45) is 7.04. The molecule has 17 heavy (non-hydrogen) atoms. The van der Waals surface area contributed by atoms with Gasteiger partial charge in [0, 0.05) is 12.2 Å². The Hall–Kier alpha value is -0.830. The number of aliphatic carboxylic acids is 1. The summed E-state index contributed by atoms with van der Waals surface area (Å²) in [5, 5.41) is 8.69. The van der Waals surface area contributed by atoms with Crippen LogP contribution >= 0.6 is 0 Å². The first kappa shape index (κ1) is 16.2. The van der Waals surface area contributed by atoms with Crippen molar-refractivity contribution in [2.45, 2.75) is 64.9 Å². The van der Waals surface area contributed by atoms with Gasteiger partial charge in [0.15, 0.2) is 0 Å². The Kier molecular flexibility index (Phi) is 9.83. The van der Waals surface area contributed by atoms with E-state index in [4.69, 9.17) is 9.84 Å². The van der Waals surface area contributed by atoms with E-state index in [9.17, 15) is 4.79 Å². The molecule has 0 bridgehead atoms. The van der Waals surface area contributed by atoms with Crippen LogP contribution in [0.4, 0.5) is 0 Å². The molecule has 0 aliphatic rings. The molecule has 0 aliphatic carbocycles. The van der Waals surface area contributed by atoms with Crippen LogP contribution in [0, 0.1) is 0 Å². The van der Waals surface area contributed by atoms with E-state index in [1.54, 1.807) is 0 Å². The summed E-state index contributed by atoms with van der Waals surface area (Å²) >= 11 is 0. The normalized spacial score (nSPS) is 12.4. The zero-order valence-corrected chi connectivity index (χ0v) is 11.2. The average Bonchev–Trinajstić information content (AvgIpc) is 2.29. The molecule has 1 N–H and O–H groups in total. The first-order chi connectivity index (χ1) is 8.11. The van der Waals surface area contributed by atoms with Gasteiger partial charge >= 0.3 is 5.97 Å². The molecule has 0 saturated carbocycles. The van der Waals surface area contributed by atoms with E-state index in [1.165, 1.54) is 0 Å². The fourth-order valence-corrected chi connectivity index (χ4v) is 1.68. The lowest BCUT2D eigenvalue weighted by molar-refractivity contribution is -0.132. The third kappa shape index (κ3) is 8.93. The maximum atomic E-state index is 10.6. The van der Waals surface area contributed by atoms with Gasteiger partial charge in [-0.05, 0) is 32.1 Å². The molecule has 0 aromatic rings. The lowest BCUT2D eigenvalue weighted by Gasteiger charge is -2.17. The highest BCUT2D eigenvalue weighted by Gasteiger charge is 2.09. The summed E-state index contributed by atoms with van der Waals surface area (Å²) in [6.45, 7) is 8.65. The smallest absolute Gasteiger partial charge is 0.330 e. The van der Waals surface area contributed by atoms with Crippen LogP contribution < -0.4 is 0 Å². The molecule has 0 aromatic carbocycles. The Bertz CT molecular complexity index is 224. The molecule has 0 radical (unpaired) electrons. The van der Waals surface area contributed by atoms with Crippen molar-refractivity contribution in [1.82, 2.24) is 0 Å². The summed E-state index contributed by atoms with van der Waals surface area (Å²) in [4.78, 5) is 10.6. The second-order valence-electron chi connectivity index (χ2n) is 4.44. The Balaban J connectivity index is 3.75. The number of carboxylic acid groups (broad SMARTS) is 1. The zero-order valence-electron chi connectivity index (χ0n) is 11.2. The van der Waals surface area contributed by atoms with Crippen molar-refractivity contribution in [2.24, 2.45) is 0 Å². The Morgan fingerprint density at radius 1 is 1.24 bits per heavy atom. The third-order valence-corrected chi connectivity index (χ3v) is 2.77. The average molecular weight is 242 g/mol. The monoisotopic (exact) mass is 242 g/mol. The molecule has 0 aromatic heterocycles. The van der Waals surface area contributed by atoms with E-state index in [1.807, 2.05) is 0 Å². The van der Waals surface area contributed by atoms with Crippen molar-refractivity contribution in [2.75, 3.05) is 6.61 Å². The number of unbranched alkanes of at least 4 members (excludes halogenated alkanes) is 1. The van der Waals surface area contributed by atoms with Gasteiger partial charge < -0.3 is 9.84 Å². The van der Waals surface area contributed by atoms with Crippen molar-refractivity contribution < 1.29 is 14.6 Å². The van der Waals surface area contributed by atoms with Gasteiger partial charge in [0.25, 0.3) is 0 Å². The van der Waals surface area contributed by atoms with Crippen LogP contribution in [0.15, 0.2) is 12.2 Å². The lowest BCUT2D eigenvalue weighted by atomic mass is 10.0. The minimum Gasteiger partial charge on any atom is -0.478 e. The van der Waals surface area contributed by atoms with E-state index in [0.29, 0.717) is 12.0 Å². The van der Waals surface area contributed by atoms with E-state index in [-0.39, 0.29) is 6.10 Å². The van der Waals surface area contributed by atoms with E-state index < -0.39 is 5.97 Å². The molecule has 0 heterocycles. The molecule has 0 spiro atoms. The number of hydrogen-bond donors (Lipinski definition) is 1. The van der Waals surface area contributed by atoms with Crippen molar-refractivity contribution in [3.8, 4) is 0 Å². The Labute approximate surface area is 105 Å². The fourth-order valence-electron chi connectivity index (χ4n) is 1.68. The summed E-state index contributed by atoms with van der Waals surface area (Å²) in [5.41, 5.74) is 0.300. The highest BCUT2D eigenvalue weighted by atomic mass is 16.5. The van der Waals surface area contributed by atoms with E-state index >= 15 is 0 Å². The van der Waals surface area contributed by atoms with Crippen molar-refractivity contribution in [3.63, 3.8) is 0 Å². The molecule has 0 aliphatic heterocycles. The maximum absolute atomic E-state index is 10.6. The van der Waals surface area contributed by atoms with Crippen LogP contribution in [0.3, 0.4) is 0 Å². The molecule has 1 atom stereocenters. The second-order valence-corrected chi connectivity index (χ2v) is 4.44. The molecule has 1 unspecified atom stereocenters. The molecule has 0 amide bonds. The largest absolute Gasteiger partial charge is 0.478 e. The predicted molar refractivity (Wildman–Crippen MR) is 70.2 cm³/mol. The van der Waals surface area contributed by atoms with Crippen LogP contribution in [0.1, 0.15) is 58.8 Å². The van der Waals surface area contributed by atoms with Crippen LogP contribution in [0.2, 0.25) is 0 Å². The maximum Gasteiger partial charge on any atom is 0.330 e. The quantitative estimate of drug-likeness (QED) is 0.443. The highest BCUT2D eigenvalue weighted by Crippen LogP contribution is 2.14. The van der Waals surface area contributed by atoms with Gasteiger partial charge in [0.2, 0.25) is 0 Å². The third-order valence-electron chi connectivity index (χ3n) is 2.77. The molecule has 0 fully saturated rings. The van der Waals surface area contributed by atoms with Crippen molar-refractivity contribution >= 4 is 5.97 Å².